The van der Waals surface area contributed by atoms with Gasteiger partial charge in [0.05, 0.1) is 5.92 Å². The molecule has 4 heteroatoms. The molecule has 0 amide bonds. The highest BCUT2D eigenvalue weighted by Gasteiger charge is 2.33. The zero-order valence-corrected chi connectivity index (χ0v) is 21.5. The topological polar surface area (TPSA) is 78.3 Å². The van der Waals surface area contributed by atoms with Crippen LogP contribution in [0.25, 0.3) is 0 Å². The van der Waals surface area contributed by atoms with Crippen molar-refractivity contribution < 1.29 is 9.53 Å². The van der Waals surface area contributed by atoms with E-state index in [1.165, 1.54) is 64.2 Å². The first-order chi connectivity index (χ1) is 17.0. The second-order valence-corrected chi connectivity index (χ2v) is 11.1. The summed E-state index contributed by atoms with van der Waals surface area (Å²) in [6.07, 6.45) is 16.3. The number of esters is 1. The van der Waals surface area contributed by atoms with Gasteiger partial charge in [-0.05, 0) is 104 Å². The molecular formula is C31H44N2O2. The van der Waals surface area contributed by atoms with Crippen molar-refractivity contribution >= 4 is 17.3 Å². The number of anilines is 2. The highest BCUT2D eigenvalue weighted by molar-refractivity contribution is 5.75. The minimum Gasteiger partial charge on any atom is -0.426 e. The van der Waals surface area contributed by atoms with E-state index >= 15 is 0 Å². The second-order valence-electron chi connectivity index (χ2n) is 11.1. The zero-order valence-electron chi connectivity index (χ0n) is 21.5. The summed E-state index contributed by atoms with van der Waals surface area (Å²) in [5.74, 6) is 3.30. The third-order valence-electron chi connectivity index (χ3n) is 8.47. The molecule has 4 rings (SSSR count). The van der Waals surface area contributed by atoms with Crippen molar-refractivity contribution in [1.29, 1.82) is 0 Å². The maximum absolute atomic E-state index is 12.8. The molecule has 2 aliphatic rings. The Morgan fingerprint density at radius 1 is 0.800 bits per heavy atom. The summed E-state index contributed by atoms with van der Waals surface area (Å²) >= 11 is 0. The Balaban J connectivity index is 1.19. The van der Waals surface area contributed by atoms with Crippen LogP contribution in [0.4, 0.5) is 11.4 Å². The Hall–Kier alpha value is -2.49. The molecule has 2 aromatic rings. The first-order valence-corrected chi connectivity index (χ1v) is 14.0. The van der Waals surface area contributed by atoms with Gasteiger partial charge in [-0.15, -0.1) is 0 Å². The molecule has 4 nitrogen and oxygen atoms in total. The van der Waals surface area contributed by atoms with Crippen LogP contribution in [0, 0.1) is 23.7 Å². The van der Waals surface area contributed by atoms with Crippen molar-refractivity contribution in [3.63, 3.8) is 0 Å². The standard InChI is InChI=1S/C31H44N2O2/c1-2-3-4-5-22-6-10-25(11-7-22)26-12-14-27(15-13-26)31(34)35-30-16-8-23(9-17-30)18-24-19-28(32)21-29(33)20-24/h8-9,16-17,19-22,25-27H,2-7,10-15,18,32-33H2,1H3. The lowest BCUT2D eigenvalue weighted by Gasteiger charge is -2.37. The highest BCUT2D eigenvalue weighted by atomic mass is 16.5. The number of unbranched alkanes of at least 4 members (excludes halogenated alkanes) is 2. The SMILES string of the molecule is CCCCCC1CCC(C2CCC(C(=O)Oc3ccc(Cc4cc(N)cc(N)c4)cc3)CC2)CC1. The van der Waals surface area contributed by atoms with Gasteiger partial charge in [0.1, 0.15) is 5.75 Å². The molecular weight excluding hydrogens is 432 g/mol. The van der Waals surface area contributed by atoms with Crippen LogP contribution in [-0.4, -0.2) is 5.97 Å². The number of hydrogen-bond acceptors (Lipinski definition) is 4. The predicted octanol–water partition coefficient (Wildman–Crippen LogP) is 7.54. The van der Waals surface area contributed by atoms with Crippen LogP contribution in [0.1, 0.15) is 95.1 Å². The maximum Gasteiger partial charge on any atom is 0.314 e. The lowest BCUT2D eigenvalue weighted by Crippen LogP contribution is -2.30. The highest BCUT2D eigenvalue weighted by Crippen LogP contribution is 2.42. The van der Waals surface area contributed by atoms with Gasteiger partial charge in [0.25, 0.3) is 0 Å². The van der Waals surface area contributed by atoms with E-state index in [1.54, 1.807) is 6.07 Å². The van der Waals surface area contributed by atoms with Crippen molar-refractivity contribution in [2.75, 3.05) is 11.5 Å². The van der Waals surface area contributed by atoms with E-state index in [0.717, 1.165) is 48.1 Å². The van der Waals surface area contributed by atoms with E-state index in [9.17, 15) is 4.79 Å². The fourth-order valence-corrected chi connectivity index (χ4v) is 6.42. The molecule has 2 fully saturated rings. The monoisotopic (exact) mass is 476 g/mol. The van der Waals surface area contributed by atoms with E-state index in [1.807, 2.05) is 36.4 Å². The molecule has 4 N–H and O–H groups in total. The van der Waals surface area contributed by atoms with Crippen molar-refractivity contribution in [2.24, 2.45) is 23.7 Å². The average Bonchev–Trinajstić information content (AvgIpc) is 2.85. The minimum atomic E-state index is -0.0561. The third-order valence-corrected chi connectivity index (χ3v) is 8.47. The second kappa shape index (κ2) is 12.5. The molecule has 0 bridgehead atoms. The summed E-state index contributed by atoms with van der Waals surface area (Å²) in [5.41, 5.74) is 15.4. The van der Waals surface area contributed by atoms with Crippen molar-refractivity contribution in [1.82, 2.24) is 0 Å². The van der Waals surface area contributed by atoms with Gasteiger partial charge >= 0.3 is 5.97 Å². The van der Waals surface area contributed by atoms with E-state index in [4.69, 9.17) is 16.2 Å². The number of carbonyl (C=O) groups excluding carboxylic acids is 1. The molecule has 0 atom stereocenters. The Kier molecular flexibility index (Phi) is 9.12. The Labute approximate surface area is 211 Å². The van der Waals surface area contributed by atoms with Crippen LogP contribution >= 0.6 is 0 Å². The predicted molar refractivity (Wildman–Crippen MR) is 145 cm³/mol. The van der Waals surface area contributed by atoms with Crippen LogP contribution in [0.3, 0.4) is 0 Å². The number of nitrogens with two attached hydrogens (primary N) is 2. The maximum atomic E-state index is 12.8. The van der Waals surface area contributed by atoms with Crippen LogP contribution in [0.5, 0.6) is 5.75 Å². The number of ether oxygens (including phenoxy) is 1. The van der Waals surface area contributed by atoms with Gasteiger partial charge in [-0.25, -0.2) is 0 Å². The molecule has 0 saturated heterocycles. The number of benzene rings is 2. The van der Waals surface area contributed by atoms with Crippen molar-refractivity contribution in [3.05, 3.63) is 53.6 Å². The van der Waals surface area contributed by atoms with Crippen LogP contribution in [-0.2, 0) is 11.2 Å². The first-order valence-electron chi connectivity index (χ1n) is 14.0. The summed E-state index contributed by atoms with van der Waals surface area (Å²) in [6, 6.07) is 13.5. The van der Waals surface area contributed by atoms with Crippen LogP contribution in [0.15, 0.2) is 42.5 Å². The van der Waals surface area contributed by atoms with Crippen molar-refractivity contribution in [2.45, 2.75) is 90.4 Å². The quantitative estimate of drug-likeness (QED) is 0.170. The summed E-state index contributed by atoms with van der Waals surface area (Å²) in [7, 11) is 0. The molecule has 0 aromatic heterocycles. The number of rotatable bonds is 9. The fourth-order valence-electron chi connectivity index (χ4n) is 6.42. The van der Waals surface area contributed by atoms with E-state index < -0.39 is 0 Å². The average molecular weight is 477 g/mol. The third kappa shape index (κ3) is 7.49. The Morgan fingerprint density at radius 3 is 2.00 bits per heavy atom. The molecule has 2 saturated carbocycles. The summed E-state index contributed by atoms with van der Waals surface area (Å²) in [5, 5.41) is 0. The molecule has 35 heavy (non-hydrogen) atoms. The van der Waals surface area contributed by atoms with Gasteiger partial charge < -0.3 is 16.2 Å². The summed E-state index contributed by atoms with van der Waals surface area (Å²) < 4.78 is 5.76. The van der Waals surface area contributed by atoms with Crippen LogP contribution < -0.4 is 16.2 Å². The van der Waals surface area contributed by atoms with Crippen molar-refractivity contribution in [3.8, 4) is 5.75 Å². The number of carbonyl (C=O) groups is 1. The lowest BCUT2D eigenvalue weighted by atomic mass is 9.68. The largest absolute Gasteiger partial charge is 0.426 e. The zero-order chi connectivity index (χ0) is 24.6. The normalized spacial score (nSPS) is 24.7. The summed E-state index contributed by atoms with van der Waals surface area (Å²) in [4.78, 5) is 12.8. The molecule has 0 spiro atoms. The molecule has 0 aliphatic heterocycles. The Morgan fingerprint density at radius 2 is 1.40 bits per heavy atom. The smallest absolute Gasteiger partial charge is 0.314 e. The molecule has 0 unspecified atom stereocenters. The van der Waals surface area contributed by atoms with Gasteiger partial charge in [-0.1, -0.05) is 57.6 Å². The van der Waals surface area contributed by atoms with Gasteiger partial charge in [-0.2, -0.15) is 0 Å². The molecule has 2 aromatic carbocycles. The molecule has 2 aliphatic carbocycles. The summed E-state index contributed by atoms with van der Waals surface area (Å²) in [6.45, 7) is 2.29. The van der Waals surface area contributed by atoms with Gasteiger partial charge in [0.2, 0.25) is 0 Å². The van der Waals surface area contributed by atoms with E-state index in [2.05, 4.69) is 6.92 Å². The first kappa shape index (κ1) is 25.6. The Bertz CT molecular complexity index is 919. The fraction of sp³-hybridized carbons (Fsp3) is 0.581. The van der Waals surface area contributed by atoms with E-state index in [-0.39, 0.29) is 11.9 Å². The van der Waals surface area contributed by atoms with Gasteiger partial charge in [-0.3, -0.25) is 4.79 Å². The number of hydrogen-bond donors (Lipinski definition) is 2. The van der Waals surface area contributed by atoms with E-state index in [0.29, 0.717) is 17.1 Å². The minimum absolute atomic E-state index is 0.0478. The molecule has 0 radical (unpaired) electrons. The molecule has 0 heterocycles. The number of nitrogen functional groups attached to an aromatic ring is 2. The van der Waals surface area contributed by atoms with Gasteiger partial charge in [0, 0.05) is 11.4 Å². The van der Waals surface area contributed by atoms with Gasteiger partial charge in [0.15, 0.2) is 0 Å². The van der Waals surface area contributed by atoms with Crippen LogP contribution in [0.2, 0.25) is 0 Å². The lowest BCUT2D eigenvalue weighted by molar-refractivity contribution is -0.140. The molecule has 190 valence electrons.